The minimum absolute atomic E-state index is 0.337. The lowest BCUT2D eigenvalue weighted by atomic mass is 10.3. The summed E-state index contributed by atoms with van der Waals surface area (Å²) < 4.78 is 2.03. The molecular formula is C9H17N5. The SMILES string of the molecule is Cc1nnc(CN2CC[C@H](N)C2)n1C. The van der Waals surface area contributed by atoms with Crippen LogP contribution in [0.15, 0.2) is 0 Å². The Bertz CT molecular complexity index is 319. The Labute approximate surface area is 83.9 Å². The summed E-state index contributed by atoms with van der Waals surface area (Å²) in [5.74, 6) is 1.99. The summed E-state index contributed by atoms with van der Waals surface area (Å²) in [6, 6.07) is 0.337. The maximum atomic E-state index is 5.84. The largest absolute Gasteiger partial charge is 0.326 e. The standard InChI is InChI=1S/C9H17N5/c1-7-11-12-9(13(7)2)6-14-4-3-8(10)5-14/h8H,3-6,10H2,1-2H3/t8-/m0/s1. The zero-order valence-corrected chi connectivity index (χ0v) is 8.77. The first-order chi connectivity index (χ1) is 6.66. The van der Waals surface area contributed by atoms with Crippen LogP contribution in [0.25, 0.3) is 0 Å². The topological polar surface area (TPSA) is 60.0 Å². The number of hydrogen-bond donors (Lipinski definition) is 1. The molecular weight excluding hydrogens is 178 g/mol. The van der Waals surface area contributed by atoms with Crippen molar-refractivity contribution in [1.29, 1.82) is 0 Å². The highest BCUT2D eigenvalue weighted by Crippen LogP contribution is 2.10. The van der Waals surface area contributed by atoms with E-state index in [1.165, 1.54) is 0 Å². The van der Waals surface area contributed by atoms with Gasteiger partial charge in [-0.25, -0.2) is 0 Å². The molecule has 1 fully saturated rings. The van der Waals surface area contributed by atoms with Crippen LogP contribution in [0.4, 0.5) is 0 Å². The van der Waals surface area contributed by atoms with Gasteiger partial charge in [0.15, 0.2) is 0 Å². The van der Waals surface area contributed by atoms with Gasteiger partial charge >= 0.3 is 0 Å². The molecule has 1 aliphatic rings. The van der Waals surface area contributed by atoms with E-state index in [2.05, 4.69) is 15.1 Å². The van der Waals surface area contributed by atoms with Gasteiger partial charge in [-0.3, -0.25) is 4.90 Å². The van der Waals surface area contributed by atoms with Crippen molar-refractivity contribution in [3.8, 4) is 0 Å². The molecule has 2 N–H and O–H groups in total. The summed E-state index contributed by atoms with van der Waals surface area (Å²) in [4.78, 5) is 2.33. The van der Waals surface area contributed by atoms with E-state index in [1.807, 2.05) is 18.5 Å². The summed E-state index contributed by atoms with van der Waals surface area (Å²) in [6.45, 7) is 4.89. The van der Waals surface area contributed by atoms with E-state index in [0.29, 0.717) is 6.04 Å². The van der Waals surface area contributed by atoms with Gasteiger partial charge in [0, 0.05) is 26.2 Å². The van der Waals surface area contributed by atoms with Crippen LogP contribution in [0.3, 0.4) is 0 Å². The van der Waals surface area contributed by atoms with Crippen LogP contribution >= 0.6 is 0 Å². The molecule has 1 aliphatic heterocycles. The molecule has 2 rings (SSSR count). The van der Waals surface area contributed by atoms with Crippen molar-refractivity contribution in [2.45, 2.75) is 25.9 Å². The minimum atomic E-state index is 0.337. The van der Waals surface area contributed by atoms with Gasteiger partial charge in [0.25, 0.3) is 0 Å². The smallest absolute Gasteiger partial charge is 0.146 e. The molecule has 0 saturated carbocycles. The highest BCUT2D eigenvalue weighted by Gasteiger charge is 2.20. The molecule has 0 radical (unpaired) electrons. The fraction of sp³-hybridized carbons (Fsp3) is 0.778. The van der Waals surface area contributed by atoms with Crippen LogP contribution in [0.1, 0.15) is 18.1 Å². The van der Waals surface area contributed by atoms with E-state index in [4.69, 9.17) is 5.73 Å². The molecule has 14 heavy (non-hydrogen) atoms. The Kier molecular flexibility index (Phi) is 2.52. The fourth-order valence-corrected chi connectivity index (χ4v) is 1.79. The second-order valence-corrected chi connectivity index (χ2v) is 4.01. The number of nitrogens with zero attached hydrogens (tertiary/aromatic N) is 4. The molecule has 5 heteroatoms. The van der Waals surface area contributed by atoms with E-state index in [-0.39, 0.29) is 0 Å². The van der Waals surface area contributed by atoms with E-state index in [1.54, 1.807) is 0 Å². The van der Waals surface area contributed by atoms with Gasteiger partial charge in [-0.2, -0.15) is 0 Å². The molecule has 1 atom stereocenters. The maximum absolute atomic E-state index is 5.84. The molecule has 1 aromatic heterocycles. The number of nitrogens with two attached hydrogens (primary N) is 1. The van der Waals surface area contributed by atoms with Crippen molar-refractivity contribution in [3.05, 3.63) is 11.6 Å². The monoisotopic (exact) mass is 195 g/mol. The number of rotatable bonds is 2. The first-order valence-electron chi connectivity index (χ1n) is 4.99. The molecule has 5 nitrogen and oxygen atoms in total. The highest BCUT2D eigenvalue weighted by molar-refractivity contribution is 4.93. The number of aryl methyl sites for hydroxylation is 1. The van der Waals surface area contributed by atoms with Gasteiger partial charge < -0.3 is 10.3 Å². The van der Waals surface area contributed by atoms with Crippen LogP contribution in [0.2, 0.25) is 0 Å². The third-order valence-corrected chi connectivity index (χ3v) is 2.86. The Hall–Kier alpha value is -0.940. The van der Waals surface area contributed by atoms with Crippen molar-refractivity contribution in [2.24, 2.45) is 12.8 Å². The lowest BCUT2D eigenvalue weighted by Gasteiger charge is -2.13. The fourth-order valence-electron chi connectivity index (χ4n) is 1.79. The van der Waals surface area contributed by atoms with Gasteiger partial charge in [-0.15, -0.1) is 10.2 Å². The van der Waals surface area contributed by atoms with Gasteiger partial charge in [0.2, 0.25) is 0 Å². The molecule has 78 valence electrons. The second kappa shape index (κ2) is 3.67. The Morgan fingerprint density at radius 3 is 2.79 bits per heavy atom. The normalized spacial score (nSPS) is 23.2. The number of hydrogen-bond acceptors (Lipinski definition) is 4. The maximum Gasteiger partial charge on any atom is 0.146 e. The zero-order valence-electron chi connectivity index (χ0n) is 8.77. The molecule has 1 saturated heterocycles. The predicted molar refractivity (Wildman–Crippen MR) is 53.6 cm³/mol. The lowest BCUT2D eigenvalue weighted by molar-refractivity contribution is 0.314. The van der Waals surface area contributed by atoms with Crippen molar-refractivity contribution >= 4 is 0 Å². The summed E-state index contributed by atoms with van der Waals surface area (Å²) in [7, 11) is 2.00. The lowest BCUT2D eigenvalue weighted by Crippen LogP contribution is -2.27. The average Bonchev–Trinajstić information content (AvgIpc) is 2.67. The van der Waals surface area contributed by atoms with Crippen molar-refractivity contribution in [1.82, 2.24) is 19.7 Å². The van der Waals surface area contributed by atoms with E-state index in [9.17, 15) is 0 Å². The van der Waals surface area contributed by atoms with Crippen LogP contribution < -0.4 is 5.73 Å². The number of likely N-dealkylation sites (tertiary alicyclic amines) is 1. The van der Waals surface area contributed by atoms with Crippen molar-refractivity contribution < 1.29 is 0 Å². The van der Waals surface area contributed by atoms with Crippen molar-refractivity contribution in [3.63, 3.8) is 0 Å². The van der Waals surface area contributed by atoms with E-state index in [0.717, 1.165) is 37.7 Å². The molecule has 0 amide bonds. The molecule has 2 heterocycles. The first kappa shape index (κ1) is 9.61. The summed E-state index contributed by atoms with van der Waals surface area (Å²) in [5.41, 5.74) is 5.84. The molecule has 1 aromatic rings. The van der Waals surface area contributed by atoms with E-state index >= 15 is 0 Å². The molecule has 0 bridgehead atoms. The van der Waals surface area contributed by atoms with Gasteiger partial charge in [0.1, 0.15) is 11.6 Å². The Morgan fingerprint density at radius 1 is 1.50 bits per heavy atom. The van der Waals surface area contributed by atoms with Crippen molar-refractivity contribution in [2.75, 3.05) is 13.1 Å². The molecule has 0 spiro atoms. The molecule has 0 aromatic carbocycles. The zero-order chi connectivity index (χ0) is 10.1. The van der Waals surface area contributed by atoms with Crippen LogP contribution in [-0.4, -0.2) is 38.8 Å². The minimum Gasteiger partial charge on any atom is -0.326 e. The quantitative estimate of drug-likeness (QED) is 0.701. The Morgan fingerprint density at radius 2 is 2.29 bits per heavy atom. The van der Waals surface area contributed by atoms with Crippen LogP contribution in [-0.2, 0) is 13.6 Å². The average molecular weight is 195 g/mol. The third kappa shape index (κ3) is 1.78. The predicted octanol–water partition coefficient (Wildman–Crippen LogP) is -0.343. The second-order valence-electron chi connectivity index (χ2n) is 4.01. The summed E-state index contributed by atoms with van der Waals surface area (Å²) >= 11 is 0. The first-order valence-corrected chi connectivity index (χ1v) is 4.99. The molecule has 0 aliphatic carbocycles. The van der Waals surface area contributed by atoms with Crippen LogP contribution in [0, 0.1) is 6.92 Å². The molecule has 0 unspecified atom stereocenters. The van der Waals surface area contributed by atoms with Gasteiger partial charge in [-0.1, -0.05) is 0 Å². The summed E-state index contributed by atoms with van der Waals surface area (Å²) in [6.07, 6.45) is 1.09. The van der Waals surface area contributed by atoms with Crippen LogP contribution in [0.5, 0.6) is 0 Å². The van der Waals surface area contributed by atoms with Gasteiger partial charge in [0.05, 0.1) is 6.54 Å². The Balaban J connectivity index is 2.01. The number of aromatic nitrogens is 3. The summed E-state index contributed by atoms with van der Waals surface area (Å²) in [5, 5.41) is 8.17. The van der Waals surface area contributed by atoms with E-state index < -0.39 is 0 Å². The van der Waals surface area contributed by atoms with Gasteiger partial charge in [-0.05, 0) is 13.3 Å². The highest BCUT2D eigenvalue weighted by atomic mass is 15.3. The third-order valence-electron chi connectivity index (χ3n) is 2.86.